The van der Waals surface area contributed by atoms with Gasteiger partial charge in [-0.3, -0.25) is 0 Å². The van der Waals surface area contributed by atoms with E-state index in [4.69, 9.17) is 0 Å². The highest BCUT2D eigenvalue weighted by atomic mass is 32.2. The van der Waals surface area contributed by atoms with Crippen LogP contribution in [-0.2, 0) is 9.84 Å². The quantitative estimate of drug-likeness (QED) is 0.839. The molecule has 1 N–H and O–H groups in total. The number of nitrogens with one attached hydrogen (secondary N) is 1. The smallest absolute Gasteiger partial charge is 0.321 e. The number of hydrogen-bond acceptors (Lipinski definition) is 3. The molecule has 1 aliphatic carbocycles. The Morgan fingerprint density at radius 1 is 1.32 bits per heavy atom. The normalized spacial score (nSPS) is 25.9. The van der Waals surface area contributed by atoms with Crippen LogP contribution in [0.25, 0.3) is 0 Å². The molecule has 0 aromatic rings. The van der Waals surface area contributed by atoms with Crippen LogP contribution in [0.15, 0.2) is 11.8 Å². The van der Waals surface area contributed by atoms with Crippen molar-refractivity contribution in [3.63, 3.8) is 0 Å². The first-order valence-electron chi connectivity index (χ1n) is 6.89. The lowest BCUT2D eigenvalue weighted by Gasteiger charge is -2.23. The lowest BCUT2D eigenvalue weighted by Crippen LogP contribution is -2.42. The van der Waals surface area contributed by atoms with Crippen LogP contribution in [0, 0.1) is 0 Å². The molecule has 0 aromatic carbocycles. The third-order valence-electron chi connectivity index (χ3n) is 3.97. The van der Waals surface area contributed by atoms with Crippen molar-refractivity contribution in [3.05, 3.63) is 11.8 Å². The Morgan fingerprint density at radius 3 is 2.58 bits per heavy atom. The first-order valence-corrected chi connectivity index (χ1v) is 8.72. The summed E-state index contributed by atoms with van der Waals surface area (Å²) in [5.74, 6) is 0.282. The summed E-state index contributed by atoms with van der Waals surface area (Å²) < 4.78 is 22.8. The molecule has 108 valence electrons. The van der Waals surface area contributed by atoms with Gasteiger partial charge in [0.1, 0.15) is 0 Å². The fourth-order valence-corrected chi connectivity index (χ4v) is 4.44. The van der Waals surface area contributed by atoms with E-state index >= 15 is 0 Å². The third kappa shape index (κ3) is 3.96. The van der Waals surface area contributed by atoms with Gasteiger partial charge in [0.15, 0.2) is 9.84 Å². The zero-order valence-electron chi connectivity index (χ0n) is 11.4. The van der Waals surface area contributed by atoms with Crippen LogP contribution in [0.4, 0.5) is 4.79 Å². The molecule has 2 aliphatic rings. The van der Waals surface area contributed by atoms with Crippen molar-refractivity contribution >= 4 is 15.9 Å². The Morgan fingerprint density at radius 2 is 2.00 bits per heavy atom. The average Bonchev–Trinajstić information content (AvgIpc) is 2.76. The van der Waals surface area contributed by atoms with Crippen molar-refractivity contribution in [2.75, 3.05) is 18.6 Å². The summed E-state index contributed by atoms with van der Waals surface area (Å²) in [7, 11) is -1.28. The van der Waals surface area contributed by atoms with Crippen molar-refractivity contribution < 1.29 is 13.2 Å². The van der Waals surface area contributed by atoms with Crippen molar-refractivity contribution in [2.45, 2.75) is 44.6 Å². The van der Waals surface area contributed by atoms with E-state index in [0.29, 0.717) is 6.42 Å². The molecule has 2 rings (SSSR count). The molecule has 0 bridgehead atoms. The highest BCUT2D eigenvalue weighted by molar-refractivity contribution is 7.91. The van der Waals surface area contributed by atoms with Crippen molar-refractivity contribution in [3.8, 4) is 0 Å². The standard InChI is InChI=1S/C13H22N2O3S/c1-15(12-7-8-19(17,18)10-12)13(16)14-9-11-5-3-2-4-6-11/h9,12H,2-8,10H2,1H3,(H,14,16). The van der Waals surface area contributed by atoms with Crippen LogP contribution >= 0.6 is 0 Å². The van der Waals surface area contributed by atoms with Gasteiger partial charge in [0.25, 0.3) is 0 Å². The van der Waals surface area contributed by atoms with E-state index in [1.165, 1.54) is 29.7 Å². The van der Waals surface area contributed by atoms with Gasteiger partial charge >= 0.3 is 6.03 Å². The molecule has 2 fully saturated rings. The van der Waals surface area contributed by atoms with Gasteiger partial charge in [-0.1, -0.05) is 12.0 Å². The van der Waals surface area contributed by atoms with Crippen LogP contribution in [-0.4, -0.2) is 43.9 Å². The maximum atomic E-state index is 12.0. The van der Waals surface area contributed by atoms with Gasteiger partial charge in [0, 0.05) is 19.3 Å². The molecule has 1 unspecified atom stereocenters. The van der Waals surface area contributed by atoms with Crippen LogP contribution in [0.1, 0.15) is 38.5 Å². The number of nitrogens with zero attached hydrogens (tertiary/aromatic N) is 1. The Hall–Kier alpha value is -1.04. The number of sulfone groups is 1. The van der Waals surface area contributed by atoms with Crippen LogP contribution in [0.5, 0.6) is 0 Å². The van der Waals surface area contributed by atoms with Crippen LogP contribution < -0.4 is 5.32 Å². The summed E-state index contributed by atoms with van der Waals surface area (Å²) in [5.41, 5.74) is 1.28. The second kappa shape index (κ2) is 5.94. The van der Waals surface area contributed by atoms with Crippen LogP contribution in [0.3, 0.4) is 0 Å². The van der Waals surface area contributed by atoms with Gasteiger partial charge in [-0.2, -0.15) is 0 Å². The molecule has 0 radical (unpaired) electrons. The van der Waals surface area contributed by atoms with E-state index in [-0.39, 0.29) is 23.6 Å². The molecule has 19 heavy (non-hydrogen) atoms. The molecule has 1 saturated carbocycles. The minimum absolute atomic E-state index is 0.0908. The molecule has 1 heterocycles. The summed E-state index contributed by atoms with van der Waals surface area (Å²) in [4.78, 5) is 13.5. The fourth-order valence-electron chi connectivity index (χ4n) is 2.66. The van der Waals surface area contributed by atoms with Crippen molar-refractivity contribution in [1.82, 2.24) is 10.2 Å². The first kappa shape index (κ1) is 14.4. The van der Waals surface area contributed by atoms with Gasteiger partial charge in [0.2, 0.25) is 0 Å². The Labute approximate surface area is 115 Å². The predicted molar refractivity (Wildman–Crippen MR) is 74.5 cm³/mol. The monoisotopic (exact) mass is 286 g/mol. The topological polar surface area (TPSA) is 66.5 Å². The molecule has 6 heteroatoms. The van der Waals surface area contributed by atoms with E-state index < -0.39 is 9.84 Å². The van der Waals surface area contributed by atoms with Gasteiger partial charge in [-0.25, -0.2) is 13.2 Å². The van der Waals surface area contributed by atoms with Crippen molar-refractivity contribution in [2.24, 2.45) is 0 Å². The van der Waals surface area contributed by atoms with Crippen LogP contribution in [0.2, 0.25) is 0 Å². The maximum absolute atomic E-state index is 12.0. The predicted octanol–water partition coefficient (Wildman–Crippen LogP) is 1.66. The van der Waals surface area contributed by atoms with E-state index in [9.17, 15) is 13.2 Å². The van der Waals surface area contributed by atoms with E-state index in [1.54, 1.807) is 13.2 Å². The number of hydrogen-bond donors (Lipinski definition) is 1. The first-order chi connectivity index (χ1) is 8.98. The molecule has 1 saturated heterocycles. The number of carbonyl (C=O) groups is 1. The van der Waals surface area contributed by atoms with Crippen molar-refractivity contribution in [1.29, 1.82) is 0 Å². The summed E-state index contributed by atoms with van der Waals surface area (Å²) >= 11 is 0. The number of allylic oxidation sites excluding steroid dienone is 1. The number of amides is 2. The molecule has 5 nitrogen and oxygen atoms in total. The zero-order valence-corrected chi connectivity index (χ0v) is 12.2. The van der Waals surface area contributed by atoms with E-state index in [2.05, 4.69) is 5.32 Å². The minimum Gasteiger partial charge on any atom is -0.324 e. The Kier molecular flexibility index (Phi) is 4.50. The maximum Gasteiger partial charge on any atom is 0.321 e. The van der Waals surface area contributed by atoms with E-state index in [0.717, 1.165) is 12.8 Å². The molecule has 1 atom stereocenters. The van der Waals surface area contributed by atoms with Gasteiger partial charge in [-0.05, 0) is 32.1 Å². The summed E-state index contributed by atoms with van der Waals surface area (Å²) in [5, 5.41) is 2.79. The molecule has 0 aromatic heterocycles. The van der Waals surface area contributed by atoms with Gasteiger partial charge < -0.3 is 10.2 Å². The molecular weight excluding hydrogens is 264 g/mol. The highest BCUT2D eigenvalue weighted by Gasteiger charge is 2.32. The SMILES string of the molecule is CN(C(=O)NC=C1CCCCC1)C1CCS(=O)(=O)C1. The average molecular weight is 286 g/mol. The lowest BCUT2D eigenvalue weighted by molar-refractivity contribution is 0.199. The second-order valence-corrected chi connectivity index (χ2v) is 7.71. The Balaban J connectivity index is 1.86. The fraction of sp³-hybridized carbons (Fsp3) is 0.769. The number of urea groups is 1. The zero-order chi connectivity index (χ0) is 13.9. The highest BCUT2D eigenvalue weighted by Crippen LogP contribution is 2.22. The molecule has 1 aliphatic heterocycles. The third-order valence-corrected chi connectivity index (χ3v) is 5.72. The summed E-state index contributed by atoms with van der Waals surface area (Å²) in [6, 6.07) is -0.394. The molecule has 2 amide bonds. The molecular formula is C13H22N2O3S. The molecule has 0 spiro atoms. The minimum atomic E-state index is -2.95. The van der Waals surface area contributed by atoms with Gasteiger partial charge in [-0.15, -0.1) is 0 Å². The largest absolute Gasteiger partial charge is 0.324 e. The lowest BCUT2D eigenvalue weighted by atomic mass is 9.96. The van der Waals surface area contributed by atoms with E-state index in [1.807, 2.05) is 0 Å². The summed E-state index contributed by atoms with van der Waals surface area (Å²) in [6.07, 6.45) is 8.12. The Bertz CT molecular complexity index is 462. The second-order valence-electron chi connectivity index (χ2n) is 5.48. The number of carbonyl (C=O) groups excluding carboxylic acids is 1. The number of rotatable bonds is 2. The van der Waals surface area contributed by atoms with Gasteiger partial charge in [0.05, 0.1) is 11.5 Å². The summed E-state index contributed by atoms with van der Waals surface area (Å²) in [6.45, 7) is 0.